The minimum atomic E-state index is -4.03. The summed E-state index contributed by atoms with van der Waals surface area (Å²) in [4.78, 5) is 16.2. The third kappa shape index (κ3) is 5.07. The molecule has 0 radical (unpaired) electrons. The predicted molar refractivity (Wildman–Crippen MR) is 91.7 cm³/mol. The zero-order chi connectivity index (χ0) is 18.6. The van der Waals surface area contributed by atoms with Gasteiger partial charge in [-0.1, -0.05) is 19.9 Å². The minimum absolute atomic E-state index is 0.270. The summed E-state index contributed by atoms with van der Waals surface area (Å²) in [6.45, 7) is 4.00. The summed E-state index contributed by atoms with van der Waals surface area (Å²) in [5.74, 6) is -1.26. The van der Waals surface area contributed by atoms with E-state index in [0.717, 1.165) is 23.8 Å². The van der Waals surface area contributed by atoms with Gasteiger partial charge in [-0.3, -0.25) is 9.78 Å². The van der Waals surface area contributed by atoms with Crippen molar-refractivity contribution in [3.63, 3.8) is 0 Å². The molecule has 2 rings (SSSR count). The quantitative estimate of drug-likeness (QED) is 0.820. The van der Waals surface area contributed by atoms with Gasteiger partial charge in [-0.2, -0.15) is 0 Å². The first-order chi connectivity index (χ1) is 11.7. The zero-order valence-corrected chi connectivity index (χ0v) is 14.8. The number of hydrogen-bond donors (Lipinski definition) is 2. The van der Waals surface area contributed by atoms with Crippen molar-refractivity contribution in [2.75, 3.05) is 0 Å². The zero-order valence-electron chi connectivity index (χ0n) is 13.9. The number of sulfonamides is 1. The van der Waals surface area contributed by atoms with E-state index in [4.69, 9.17) is 5.14 Å². The average Bonchev–Trinajstić information content (AvgIpc) is 2.53. The smallest absolute Gasteiger partial charge is 0.254 e. The molecule has 6 nitrogen and oxygen atoms in total. The molecule has 25 heavy (non-hydrogen) atoms. The van der Waals surface area contributed by atoms with Gasteiger partial charge in [0.05, 0.1) is 16.5 Å². The van der Waals surface area contributed by atoms with Crippen LogP contribution in [-0.4, -0.2) is 19.3 Å². The summed E-state index contributed by atoms with van der Waals surface area (Å²) in [5, 5.41) is 7.79. The van der Waals surface area contributed by atoms with Gasteiger partial charge >= 0.3 is 0 Å². The Balaban J connectivity index is 2.32. The van der Waals surface area contributed by atoms with E-state index >= 15 is 0 Å². The molecule has 0 spiro atoms. The largest absolute Gasteiger partial charge is 0.345 e. The Bertz CT molecular complexity index is 855. The maximum atomic E-state index is 14.0. The molecule has 0 fully saturated rings. The van der Waals surface area contributed by atoms with E-state index in [-0.39, 0.29) is 22.4 Å². The van der Waals surface area contributed by atoms with Crippen molar-refractivity contribution in [1.82, 2.24) is 10.3 Å². The Hall–Kier alpha value is -2.32. The maximum Gasteiger partial charge on any atom is 0.254 e. The van der Waals surface area contributed by atoms with Gasteiger partial charge in [0, 0.05) is 12.4 Å². The van der Waals surface area contributed by atoms with E-state index in [1.807, 2.05) is 19.9 Å². The van der Waals surface area contributed by atoms with Crippen LogP contribution in [0.4, 0.5) is 4.39 Å². The molecule has 134 valence electrons. The Labute approximate surface area is 146 Å². The molecule has 1 atom stereocenters. The highest BCUT2D eigenvalue weighted by atomic mass is 32.2. The first-order valence-electron chi connectivity index (χ1n) is 7.71. The van der Waals surface area contributed by atoms with Crippen molar-refractivity contribution in [2.45, 2.75) is 31.2 Å². The topological polar surface area (TPSA) is 102 Å². The molecule has 0 aliphatic rings. The Morgan fingerprint density at radius 2 is 2.04 bits per heavy atom. The van der Waals surface area contributed by atoms with E-state index in [9.17, 15) is 17.6 Å². The molecule has 1 aromatic carbocycles. The second kappa shape index (κ2) is 7.71. The maximum absolute atomic E-state index is 14.0. The van der Waals surface area contributed by atoms with Crippen LogP contribution in [0.3, 0.4) is 0 Å². The number of pyridine rings is 1. The van der Waals surface area contributed by atoms with E-state index in [1.165, 1.54) is 0 Å². The van der Waals surface area contributed by atoms with Crippen LogP contribution in [0.15, 0.2) is 47.6 Å². The van der Waals surface area contributed by atoms with Crippen LogP contribution >= 0.6 is 0 Å². The number of halogens is 1. The predicted octanol–water partition coefficient (Wildman–Crippen LogP) is 2.39. The summed E-state index contributed by atoms with van der Waals surface area (Å²) in [6.07, 6.45) is 3.87. The van der Waals surface area contributed by atoms with Crippen molar-refractivity contribution >= 4 is 15.9 Å². The Morgan fingerprint density at radius 1 is 1.32 bits per heavy atom. The van der Waals surface area contributed by atoms with Gasteiger partial charge in [-0.05, 0) is 42.2 Å². The Morgan fingerprint density at radius 3 is 2.60 bits per heavy atom. The van der Waals surface area contributed by atoms with Crippen molar-refractivity contribution in [1.29, 1.82) is 0 Å². The fourth-order valence-electron chi connectivity index (χ4n) is 2.42. The highest BCUT2D eigenvalue weighted by Crippen LogP contribution is 2.22. The van der Waals surface area contributed by atoms with Crippen LogP contribution in [0, 0.1) is 11.7 Å². The number of rotatable bonds is 6. The molecule has 0 saturated heterocycles. The van der Waals surface area contributed by atoms with Gasteiger partial charge in [-0.15, -0.1) is 0 Å². The van der Waals surface area contributed by atoms with Gasteiger partial charge in [0.15, 0.2) is 0 Å². The van der Waals surface area contributed by atoms with Crippen molar-refractivity contribution in [3.8, 4) is 0 Å². The van der Waals surface area contributed by atoms with Crippen LogP contribution in [0.5, 0.6) is 0 Å². The lowest BCUT2D eigenvalue weighted by molar-refractivity contribution is 0.0927. The van der Waals surface area contributed by atoms with Crippen LogP contribution < -0.4 is 10.5 Å². The fourth-order valence-corrected chi connectivity index (χ4v) is 2.96. The number of hydrogen-bond acceptors (Lipinski definition) is 4. The monoisotopic (exact) mass is 365 g/mol. The molecule has 1 heterocycles. The molecular weight excluding hydrogens is 345 g/mol. The van der Waals surface area contributed by atoms with Crippen LogP contribution in [-0.2, 0) is 10.0 Å². The molecule has 0 saturated carbocycles. The Kier molecular flexibility index (Phi) is 5.86. The minimum Gasteiger partial charge on any atom is -0.345 e. The van der Waals surface area contributed by atoms with Crippen molar-refractivity contribution in [2.24, 2.45) is 11.1 Å². The van der Waals surface area contributed by atoms with Gasteiger partial charge in [0.25, 0.3) is 5.91 Å². The molecule has 8 heteroatoms. The number of aromatic nitrogens is 1. The normalized spacial score (nSPS) is 12.8. The number of carbonyl (C=O) groups excluding carboxylic acids is 1. The summed E-state index contributed by atoms with van der Waals surface area (Å²) in [6, 6.07) is 6.06. The van der Waals surface area contributed by atoms with E-state index in [0.29, 0.717) is 6.42 Å². The number of nitrogens with two attached hydrogens (primary N) is 1. The second-order valence-electron chi connectivity index (χ2n) is 6.13. The molecule has 1 amide bonds. The fraction of sp³-hybridized carbons (Fsp3) is 0.294. The molecule has 0 aliphatic heterocycles. The number of benzene rings is 1. The molecule has 0 unspecified atom stereocenters. The van der Waals surface area contributed by atoms with Crippen LogP contribution in [0.1, 0.15) is 42.2 Å². The van der Waals surface area contributed by atoms with Crippen LogP contribution in [0.25, 0.3) is 0 Å². The van der Waals surface area contributed by atoms with Crippen molar-refractivity contribution < 1.29 is 17.6 Å². The second-order valence-corrected chi connectivity index (χ2v) is 7.69. The molecule has 3 N–H and O–H groups in total. The molecule has 1 aromatic heterocycles. The van der Waals surface area contributed by atoms with Crippen molar-refractivity contribution in [3.05, 3.63) is 59.7 Å². The van der Waals surface area contributed by atoms with E-state index in [1.54, 1.807) is 18.5 Å². The number of nitrogens with one attached hydrogen (secondary N) is 1. The SMILES string of the molecule is CC(C)C[C@@H](NC(=O)c1cc(S(N)(=O)=O)ccc1F)c1cccnc1. The summed E-state index contributed by atoms with van der Waals surface area (Å²) in [7, 11) is -4.03. The number of carbonyl (C=O) groups is 1. The third-order valence-electron chi connectivity index (χ3n) is 3.61. The highest BCUT2D eigenvalue weighted by Gasteiger charge is 2.21. The van der Waals surface area contributed by atoms with Gasteiger partial charge in [-0.25, -0.2) is 17.9 Å². The molecule has 0 bridgehead atoms. The number of nitrogens with zero attached hydrogens (tertiary/aromatic N) is 1. The molecular formula is C17H20FN3O3S. The third-order valence-corrected chi connectivity index (χ3v) is 4.52. The average molecular weight is 365 g/mol. The van der Waals surface area contributed by atoms with E-state index in [2.05, 4.69) is 10.3 Å². The first kappa shape index (κ1) is 19.0. The summed E-state index contributed by atoms with van der Waals surface area (Å²) >= 11 is 0. The van der Waals surface area contributed by atoms with Gasteiger partial charge in [0.2, 0.25) is 10.0 Å². The lowest BCUT2D eigenvalue weighted by Crippen LogP contribution is -2.30. The van der Waals surface area contributed by atoms with Crippen LogP contribution in [0.2, 0.25) is 0 Å². The highest BCUT2D eigenvalue weighted by molar-refractivity contribution is 7.89. The first-order valence-corrected chi connectivity index (χ1v) is 9.26. The molecule has 2 aromatic rings. The summed E-state index contributed by atoms with van der Waals surface area (Å²) < 4.78 is 36.9. The lowest BCUT2D eigenvalue weighted by Gasteiger charge is -2.21. The number of amides is 1. The molecule has 0 aliphatic carbocycles. The standard InChI is InChI=1S/C17H20FN3O3S/c1-11(2)8-16(12-4-3-7-20-10-12)21-17(22)14-9-13(25(19,23)24)5-6-15(14)18/h3-7,9-11,16H,8H2,1-2H3,(H,21,22)(H2,19,23,24)/t16-/m1/s1. The van der Waals surface area contributed by atoms with Gasteiger partial charge in [0.1, 0.15) is 5.82 Å². The van der Waals surface area contributed by atoms with Gasteiger partial charge < -0.3 is 5.32 Å². The summed E-state index contributed by atoms with van der Waals surface area (Å²) in [5.41, 5.74) is 0.414. The number of primary sulfonamides is 1. The lowest BCUT2D eigenvalue weighted by atomic mass is 9.98. The van der Waals surface area contributed by atoms with E-state index < -0.39 is 21.7 Å².